The summed E-state index contributed by atoms with van der Waals surface area (Å²) in [6.45, 7) is 0. The number of carbonyl (C=O) groups is 1. The number of aliphatic imine (C=N–C) groups is 1. The molecule has 0 fully saturated rings. The first kappa shape index (κ1) is 32.7. The zero-order chi connectivity index (χ0) is 34.6. The number of aromatic nitrogens is 4. The van der Waals surface area contributed by atoms with Gasteiger partial charge in [0.05, 0.1) is 41.1 Å². The molecule has 0 bridgehead atoms. The fourth-order valence-electron chi connectivity index (χ4n) is 4.59. The number of allylic oxidation sites excluding steroid dienone is 2. The Morgan fingerprint density at radius 2 is 1.12 bits per heavy atom. The number of ketones is 1. The van der Waals surface area contributed by atoms with Crippen molar-refractivity contribution in [1.82, 2.24) is 20.4 Å². The van der Waals surface area contributed by atoms with Gasteiger partial charge in [0.1, 0.15) is 0 Å². The molecule has 0 amide bonds. The standard InChI is InChI=1S/C32H26N8O7S2/c1-46-30-17-15-28(35-37-30)39-48(42,43)22-11-7-20(8-12-22)33-26-19-27(32(41)25-6-4-3-5-24(25)26)34-21-9-13-23(14-10-21)49(44,45)40-29-16-18-31(47-2)38-36-29/h3-19,34H,1-2H3,(H,35,39)(H,36,40). The van der Waals surface area contributed by atoms with Crippen molar-refractivity contribution < 1.29 is 31.1 Å². The average molecular weight is 699 g/mol. The van der Waals surface area contributed by atoms with Crippen molar-refractivity contribution in [3.05, 3.63) is 120 Å². The van der Waals surface area contributed by atoms with Gasteiger partial charge in [-0.2, -0.15) is 0 Å². The molecule has 3 N–H and O–H groups in total. The molecule has 3 aromatic carbocycles. The number of nitrogens with one attached hydrogen (secondary N) is 3. The van der Waals surface area contributed by atoms with Gasteiger partial charge in [-0.25, -0.2) is 21.8 Å². The molecule has 0 atom stereocenters. The number of carbonyl (C=O) groups excluding carboxylic acids is 1. The van der Waals surface area contributed by atoms with Crippen molar-refractivity contribution in [2.24, 2.45) is 4.99 Å². The first-order valence-corrected chi connectivity index (χ1v) is 17.2. The highest BCUT2D eigenvalue weighted by Gasteiger charge is 2.25. The minimum Gasteiger partial charge on any atom is -0.480 e. The smallest absolute Gasteiger partial charge is 0.263 e. The fraction of sp³-hybridized carbons (Fsp3) is 0.0625. The van der Waals surface area contributed by atoms with Crippen LogP contribution in [0.3, 0.4) is 0 Å². The van der Waals surface area contributed by atoms with Crippen molar-refractivity contribution in [1.29, 1.82) is 0 Å². The molecule has 1 aliphatic carbocycles. The third-order valence-electron chi connectivity index (χ3n) is 6.99. The van der Waals surface area contributed by atoms with Crippen LogP contribution in [0.15, 0.2) is 124 Å². The third-order valence-corrected chi connectivity index (χ3v) is 9.73. The lowest BCUT2D eigenvalue weighted by atomic mass is 9.92. The molecule has 0 saturated carbocycles. The second-order valence-corrected chi connectivity index (χ2v) is 13.6. The highest BCUT2D eigenvalue weighted by molar-refractivity contribution is 7.93. The number of methoxy groups -OCH3 is 2. The van der Waals surface area contributed by atoms with Gasteiger partial charge < -0.3 is 14.8 Å². The summed E-state index contributed by atoms with van der Waals surface area (Å²) in [6, 6.07) is 24.4. The second-order valence-electron chi connectivity index (χ2n) is 10.2. The number of hydrogen-bond donors (Lipinski definition) is 3. The molecule has 1 aliphatic rings. The van der Waals surface area contributed by atoms with E-state index in [1.54, 1.807) is 30.3 Å². The number of Topliss-reactive ketones (excluding diaryl/α,β-unsaturated/α-hetero) is 1. The first-order chi connectivity index (χ1) is 23.5. The van der Waals surface area contributed by atoms with Crippen LogP contribution in [0.4, 0.5) is 23.0 Å². The monoisotopic (exact) mass is 698 g/mol. The van der Waals surface area contributed by atoms with Crippen molar-refractivity contribution in [3.63, 3.8) is 0 Å². The highest BCUT2D eigenvalue weighted by Crippen LogP contribution is 2.27. The Bertz CT molecular complexity index is 2300. The third kappa shape index (κ3) is 7.37. The predicted molar refractivity (Wildman–Crippen MR) is 180 cm³/mol. The van der Waals surface area contributed by atoms with E-state index in [2.05, 4.69) is 35.2 Å². The number of rotatable bonds is 11. The molecule has 6 rings (SSSR count). The predicted octanol–water partition coefficient (Wildman–Crippen LogP) is 4.20. The Labute approximate surface area is 280 Å². The topological polar surface area (TPSA) is 204 Å². The van der Waals surface area contributed by atoms with Crippen LogP contribution in [0.5, 0.6) is 11.8 Å². The molecule has 0 radical (unpaired) electrons. The summed E-state index contributed by atoms with van der Waals surface area (Å²) in [4.78, 5) is 18.1. The van der Waals surface area contributed by atoms with E-state index >= 15 is 0 Å². The van der Waals surface area contributed by atoms with E-state index in [0.29, 0.717) is 28.2 Å². The van der Waals surface area contributed by atoms with Crippen LogP contribution in [0.2, 0.25) is 0 Å². The number of sulfonamides is 2. The van der Waals surface area contributed by atoms with Crippen molar-refractivity contribution in [2.75, 3.05) is 29.0 Å². The molecule has 2 aromatic heterocycles. The van der Waals surface area contributed by atoms with E-state index in [1.165, 1.54) is 87.0 Å². The summed E-state index contributed by atoms with van der Waals surface area (Å²) in [5, 5.41) is 18.1. The van der Waals surface area contributed by atoms with Crippen LogP contribution < -0.4 is 24.2 Å². The summed E-state index contributed by atoms with van der Waals surface area (Å²) in [5.74, 6) is 0.223. The number of hydrogen-bond acceptors (Lipinski definition) is 13. The summed E-state index contributed by atoms with van der Waals surface area (Å²) < 4.78 is 66.2. The maximum atomic E-state index is 13.4. The molecule has 2 heterocycles. The molecular weight excluding hydrogens is 673 g/mol. The molecular formula is C32H26N8O7S2. The van der Waals surface area contributed by atoms with Crippen molar-refractivity contribution >= 4 is 54.6 Å². The molecule has 5 aromatic rings. The number of nitrogens with zero attached hydrogens (tertiary/aromatic N) is 5. The lowest BCUT2D eigenvalue weighted by Crippen LogP contribution is -2.22. The number of fused-ring (bicyclic) bond motifs is 1. The molecule has 0 saturated heterocycles. The largest absolute Gasteiger partial charge is 0.480 e. The SMILES string of the molecule is COc1ccc(NS(=O)(=O)c2ccc(N=C3C=C(Nc4ccc(S(=O)(=O)Nc5ccc(OC)nn5)cc4)C(=O)c4ccccc43)cc2)nn1. The summed E-state index contributed by atoms with van der Waals surface area (Å²) in [7, 11) is -5.11. The van der Waals surface area contributed by atoms with Gasteiger partial charge in [-0.1, -0.05) is 24.3 Å². The van der Waals surface area contributed by atoms with Gasteiger partial charge in [-0.3, -0.25) is 14.2 Å². The Morgan fingerprint density at radius 3 is 1.61 bits per heavy atom. The zero-order valence-corrected chi connectivity index (χ0v) is 27.4. The molecule has 15 nitrogen and oxygen atoms in total. The summed E-state index contributed by atoms with van der Waals surface area (Å²) in [5.41, 5.74) is 2.52. The van der Waals surface area contributed by atoms with Gasteiger partial charge in [-0.05, 0) is 66.7 Å². The Hall–Kier alpha value is -6.20. The van der Waals surface area contributed by atoms with Crippen molar-refractivity contribution in [3.8, 4) is 11.8 Å². The molecule has 0 aliphatic heterocycles. The van der Waals surface area contributed by atoms with Gasteiger partial charge in [0.2, 0.25) is 17.5 Å². The van der Waals surface area contributed by atoms with Gasteiger partial charge >= 0.3 is 0 Å². The van der Waals surface area contributed by atoms with E-state index in [0.717, 1.165) is 0 Å². The maximum Gasteiger partial charge on any atom is 0.263 e. The molecule has 0 spiro atoms. The van der Waals surface area contributed by atoms with E-state index in [4.69, 9.17) is 14.5 Å². The van der Waals surface area contributed by atoms with Crippen molar-refractivity contribution in [2.45, 2.75) is 9.79 Å². The average Bonchev–Trinajstić information content (AvgIpc) is 3.11. The second kappa shape index (κ2) is 13.5. The van der Waals surface area contributed by atoms with E-state index in [-0.39, 0.29) is 44.7 Å². The number of benzene rings is 3. The van der Waals surface area contributed by atoms with Gasteiger partial charge in [0.25, 0.3) is 20.0 Å². The van der Waals surface area contributed by atoms with Crippen LogP contribution in [0.1, 0.15) is 15.9 Å². The fourth-order valence-corrected chi connectivity index (χ4v) is 6.58. The van der Waals surface area contributed by atoms with E-state index in [1.807, 2.05) is 0 Å². The quantitative estimate of drug-likeness (QED) is 0.178. The molecule has 17 heteroatoms. The van der Waals surface area contributed by atoms with Crippen LogP contribution in [-0.4, -0.2) is 62.9 Å². The zero-order valence-electron chi connectivity index (χ0n) is 25.7. The molecule has 49 heavy (non-hydrogen) atoms. The molecule has 248 valence electrons. The van der Waals surface area contributed by atoms with Crippen LogP contribution in [0, 0.1) is 0 Å². The lowest BCUT2D eigenvalue weighted by Gasteiger charge is -2.19. The lowest BCUT2D eigenvalue weighted by molar-refractivity contribution is 0.103. The number of ether oxygens (including phenoxy) is 2. The summed E-state index contributed by atoms with van der Waals surface area (Å²) in [6.07, 6.45) is 1.58. The summed E-state index contributed by atoms with van der Waals surface area (Å²) >= 11 is 0. The van der Waals surface area contributed by atoms with Gasteiger partial charge in [0.15, 0.2) is 11.6 Å². The Morgan fingerprint density at radius 1 is 0.612 bits per heavy atom. The van der Waals surface area contributed by atoms with Gasteiger partial charge in [0, 0.05) is 28.9 Å². The van der Waals surface area contributed by atoms with E-state index in [9.17, 15) is 21.6 Å². The maximum absolute atomic E-state index is 13.4. The normalized spacial score (nSPS) is 13.6. The van der Waals surface area contributed by atoms with Crippen LogP contribution in [0.25, 0.3) is 0 Å². The minimum atomic E-state index is -3.98. The molecule has 0 unspecified atom stereocenters. The van der Waals surface area contributed by atoms with Crippen LogP contribution >= 0.6 is 0 Å². The Kier molecular flexibility index (Phi) is 9.02. The van der Waals surface area contributed by atoms with E-state index < -0.39 is 20.0 Å². The first-order valence-electron chi connectivity index (χ1n) is 14.3. The highest BCUT2D eigenvalue weighted by atomic mass is 32.2. The Balaban J connectivity index is 1.22. The van der Waals surface area contributed by atoms with Gasteiger partial charge in [-0.15, -0.1) is 20.4 Å². The minimum absolute atomic E-state index is 0.0165. The number of anilines is 3. The van der Waals surface area contributed by atoms with Crippen LogP contribution in [-0.2, 0) is 20.0 Å².